The van der Waals surface area contributed by atoms with Gasteiger partial charge in [0.05, 0.1) is 6.61 Å². The fourth-order valence-corrected chi connectivity index (χ4v) is 3.40. The van der Waals surface area contributed by atoms with Crippen molar-refractivity contribution in [2.24, 2.45) is 0 Å². The normalized spacial score (nSPS) is 20.3. The van der Waals surface area contributed by atoms with Crippen LogP contribution in [-0.2, 0) is 15.9 Å². The van der Waals surface area contributed by atoms with Crippen molar-refractivity contribution >= 4 is 0 Å². The summed E-state index contributed by atoms with van der Waals surface area (Å²) in [5, 5.41) is 0. The summed E-state index contributed by atoms with van der Waals surface area (Å²) < 4.78 is 54.0. The number of ether oxygens (including phenoxy) is 2. The van der Waals surface area contributed by atoms with Gasteiger partial charge in [-0.05, 0) is 48.9 Å². The Hall–Kier alpha value is -1.85. The van der Waals surface area contributed by atoms with Gasteiger partial charge in [-0.2, -0.15) is 0 Å². The van der Waals surface area contributed by atoms with Gasteiger partial charge >= 0.3 is 0 Å². The van der Waals surface area contributed by atoms with E-state index < -0.39 is 17.5 Å². The lowest BCUT2D eigenvalue weighted by atomic mass is 9.91. The lowest BCUT2D eigenvalue weighted by Crippen LogP contribution is -2.27. The Morgan fingerprint density at radius 2 is 1.85 bits per heavy atom. The molecule has 2 nitrogen and oxygen atoms in total. The Labute approximate surface area is 151 Å². The van der Waals surface area contributed by atoms with Crippen LogP contribution >= 0.6 is 0 Å². The van der Waals surface area contributed by atoms with Gasteiger partial charge in [-0.3, -0.25) is 0 Å². The highest BCUT2D eigenvalue weighted by Crippen LogP contribution is 2.33. The van der Waals surface area contributed by atoms with E-state index >= 15 is 0 Å². The summed E-state index contributed by atoms with van der Waals surface area (Å²) in [5.41, 5.74) is 1.25. The van der Waals surface area contributed by atoms with Crippen molar-refractivity contribution in [3.8, 4) is 11.1 Å². The molecule has 1 heterocycles. The zero-order valence-electron chi connectivity index (χ0n) is 15.0. The Kier molecular flexibility index (Phi) is 5.99. The Balaban J connectivity index is 1.82. The minimum Gasteiger partial charge on any atom is -0.353 e. The van der Waals surface area contributed by atoms with E-state index in [-0.39, 0.29) is 17.8 Å². The van der Waals surface area contributed by atoms with Gasteiger partial charge in [-0.25, -0.2) is 13.2 Å². The average Bonchev–Trinajstić information content (AvgIpc) is 2.65. The molecule has 5 heteroatoms. The second kappa shape index (κ2) is 8.23. The van der Waals surface area contributed by atoms with E-state index in [0.29, 0.717) is 42.7 Å². The number of hydrogen-bond donors (Lipinski definition) is 0. The van der Waals surface area contributed by atoms with Crippen molar-refractivity contribution in [1.29, 1.82) is 0 Å². The third-order valence-corrected chi connectivity index (χ3v) is 4.88. The van der Waals surface area contributed by atoms with Crippen LogP contribution in [0.3, 0.4) is 0 Å². The molecule has 0 amide bonds. The van der Waals surface area contributed by atoms with Crippen molar-refractivity contribution in [3.05, 3.63) is 58.9 Å². The summed E-state index contributed by atoms with van der Waals surface area (Å²) in [6, 6.07) is 7.60. The molecule has 2 atom stereocenters. The molecule has 1 aliphatic heterocycles. The first-order valence-corrected chi connectivity index (χ1v) is 9.05. The molecule has 0 saturated carbocycles. The highest BCUT2D eigenvalue weighted by molar-refractivity contribution is 5.65. The second-order valence-corrected chi connectivity index (χ2v) is 6.48. The molecular formula is C21H23F3O2. The third-order valence-electron chi connectivity index (χ3n) is 4.88. The van der Waals surface area contributed by atoms with Gasteiger partial charge in [0.2, 0.25) is 0 Å². The molecule has 2 aromatic rings. The van der Waals surface area contributed by atoms with E-state index in [4.69, 9.17) is 9.47 Å². The van der Waals surface area contributed by atoms with Crippen molar-refractivity contribution in [1.82, 2.24) is 0 Å². The van der Waals surface area contributed by atoms with Gasteiger partial charge in [-0.15, -0.1) is 0 Å². The van der Waals surface area contributed by atoms with Crippen molar-refractivity contribution in [3.63, 3.8) is 0 Å². The molecular weight excluding hydrogens is 341 g/mol. The summed E-state index contributed by atoms with van der Waals surface area (Å²) in [6.45, 7) is 4.63. The van der Waals surface area contributed by atoms with Gasteiger partial charge in [0, 0.05) is 18.1 Å². The number of benzene rings is 2. The van der Waals surface area contributed by atoms with Crippen molar-refractivity contribution < 1.29 is 22.6 Å². The quantitative estimate of drug-likeness (QED) is 0.688. The molecule has 0 radical (unpaired) electrons. The first-order chi connectivity index (χ1) is 12.5. The zero-order valence-corrected chi connectivity index (χ0v) is 15.0. The van der Waals surface area contributed by atoms with E-state index in [1.54, 1.807) is 25.1 Å². The van der Waals surface area contributed by atoms with Crippen molar-refractivity contribution in [2.75, 3.05) is 13.2 Å². The molecule has 140 valence electrons. The number of aryl methyl sites for hydroxylation is 1. The van der Waals surface area contributed by atoms with Gasteiger partial charge < -0.3 is 9.47 Å². The molecule has 2 aromatic carbocycles. The van der Waals surface area contributed by atoms with Crippen LogP contribution in [0.2, 0.25) is 0 Å². The van der Waals surface area contributed by atoms with Crippen LogP contribution < -0.4 is 0 Å². The zero-order chi connectivity index (χ0) is 18.7. The first kappa shape index (κ1) is 18.9. The van der Waals surface area contributed by atoms with Crippen molar-refractivity contribution in [2.45, 2.75) is 45.3 Å². The highest BCUT2D eigenvalue weighted by Gasteiger charge is 2.25. The largest absolute Gasteiger partial charge is 0.353 e. The molecule has 1 fully saturated rings. The molecule has 0 N–H and O–H groups in total. The summed E-state index contributed by atoms with van der Waals surface area (Å²) in [7, 11) is 0. The minimum absolute atomic E-state index is 0.0650. The molecule has 0 bridgehead atoms. The lowest BCUT2D eigenvalue weighted by molar-refractivity contribution is -0.164. The van der Waals surface area contributed by atoms with Gasteiger partial charge in [0.15, 0.2) is 17.9 Å². The minimum atomic E-state index is -0.933. The van der Waals surface area contributed by atoms with Crippen LogP contribution in [0.1, 0.15) is 43.7 Å². The SMILES string of the molecule is CCOC1CCC(c2ccc(-c3ccc(CC)c(F)c3F)cc2F)CO1. The molecule has 26 heavy (non-hydrogen) atoms. The van der Waals surface area contributed by atoms with Crippen LogP contribution in [0.5, 0.6) is 0 Å². The molecule has 3 rings (SSSR count). The standard InChI is InChI=1S/C21H23F3O2/c1-3-13-5-9-17(21(24)20(13)23)14-6-8-16(18(22)11-14)15-7-10-19(25-4-2)26-12-15/h5-6,8-9,11,15,19H,3-4,7,10,12H2,1-2H3. The third kappa shape index (κ3) is 3.79. The predicted molar refractivity (Wildman–Crippen MR) is 94.5 cm³/mol. The average molecular weight is 364 g/mol. The monoisotopic (exact) mass is 364 g/mol. The Bertz CT molecular complexity index is 768. The van der Waals surface area contributed by atoms with Gasteiger partial charge in [-0.1, -0.05) is 31.2 Å². The fraction of sp³-hybridized carbons (Fsp3) is 0.429. The Morgan fingerprint density at radius 1 is 1.04 bits per heavy atom. The molecule has 1 saturated heterocycles. The lowest BCUT2D eigenvalue weighted by Gasteiger charge is -2.29. The maximum Gasteiger partial charge on any atom is 0.166 e. The molecule has 0 aliphatic carbocycles. The summed E-state index contributed by atoms with van der Waals surface area (Å²) in [4.78, 5) is 0. The maximum absolute atomic E-state index is 14.6. The van der Waals surface area contributed by atoms with Crippen LogP contribution in [0.4, 0.5) is 13.2 Å². The number of halogens is 3. The van der Waals surface area contributed by atoms with Gasteiger partial charge in [0.25, 0.3) is 0 Å². The molecule has 0 spiro atoms. The van der Waals surface area contributed by atoms with E-state index in [9.17, 15) is 13.2 Å². The summed E-state index contributed by atoms with van der Waals surface area (Å²) >= 11 is 0. The predicted octanol–water partition coefficient (Wildman–Crippen LogP) is 5.59. The van der Waals surface area contributed by atoms with E-state index in [0.717, 1.165) is 6.42 Å². The second-order valence-electron chi connectivity index (χ2n) is 6.48. The van der Waals surface area contributed by atoms with Crippen LogP contribution in [0.15, 0.2) is 30.3 Å². The van der Waals surface area contributed by atoms with E-state index in [2.05, 4.69) is 0 Å². The first-order valence-electron chi connectivity index (χ1n) is 9.05. The Morgan fingerprint density at radius 3 is 2.46 bits per heavy atom. The molecule has 2 unspecified atom stereocenters. The van der Waals surface area contributed by atoms with Gasteiger partial charge in [0.1, 0.15) is 5.82 Å². The van der Waals surface area contributed by atoms with Crippen LogP contribution in [0.25, 0.3) is 11.1 Å². The summed E-state index contributed by atoms with van der Waals surface area (Å²) in [6.07, 6.45) is 1.64. The fourth-order valence-electron chi connectivity index (χ4n) is 3.40. The molecule has 0 aromatic heterocycles. The number of rotatable bonds is 5. The smallest absolute Gasteiger partial charge is 0.166 e. The number of hydrogen-bond acceptors (Lipinski definition) is 2. The maximum atomic E-state index is 14.6. The van der Waals surface area contributed by atoms with E-state index in [1.807, 2.05) is 6.92 Å². The summed E-state index contributed by atoms with van der Waals surface area (Å²) in [5.74, 6) is -2.29. The van der Waals surface area contributed by atoms with Crippen LogP contribution in [0, 0.1) is 17.5 Å². The highest BCUT2D eigenvalue weighted by atomic mass is 19.2. The molecule has 1 aliphatic rings. The van der Waals surface area contributed by atoms with E-state index in [1.165, 1.54) is 12.1 Å². The topological polar surface area (TPSA) is 18.5 Å². The van der Waals surface area contributed by atoms with Crippen LogP contribution in [-0.4, -0.2) is 19.5 Å².